The van der Waals surface area contributed by atoms with Gasteiger partial charge in [0.15, 0.2) is 0 Å². The Balaban J connectivity index is 0.000000297. The molecule has 3 aliphatic heterocycles. The summed E-state index contributed by atoms with van der Waals surface area (Å²) in [6, 6.07) is 18.8. The van der Waals surface area contributed by atoms with Crippen LogP contribution in [-0.2, 0) is 78.5 Å². The fraction of sp³-hybridized carbons (Fsp3) is 0.615. The molecule has 3 amide bonds. The third-order valence-electron chi connectivity index (χ3n) is 18.2. The van der Waals surface area contributed by atoms with Crippen LogP contribution in [0.2, 0.25) is 15.1 Å². The van der Waals surface area contributed by atoms with Gasteiger partial charge in [0.1, 0.15) is 0 Å². The van der Waals surface area contributed by atoms with Gasteiger partial charge in [0.25, 0.3) is 0 Å². The van der Waals surface area contributed by atoms with Gasteiger partial charge in [-0.2, -0.15) is 0 Å². The first-order valence-electron chi connectivity index (χ1n) is 34.0. The second-order valence-electron chi connectivity index (χ2n) is 30.8. The van der Waals surface area contributed by atoms with Crippen molar-refractivity contribution >= 4 is 70.4 Å². The Bertz CT molecular complexity index is 2840. The summed E-state index contributed by atoms with van der Waals surface area (Å²) in [5.41, 5.74) is 9.68. The van der Waals surface area contributed by atoms with Crippen LogP contribution in [0.25, 0.3) is 0 Å². The van der Waals surface area contributed by atoms with Gasteiger partial charge < -0.3 is 28.9 Å². The zero-order valence-electron chi connectivity index (χ0n) is 60.5. The van der Waals surface area contributed by atoms with Crippen molar-refractivity contribution in [3.8, 4) is 0 Å². The van der Waals surface area contributed by atoms with Gasteiger partial charge in [0.05, 0.1) is 39.1 Å². The average Bonchev–Trinajstić information content (AvgIpc) is 0.783. The average molecular weight is 1340 g/mol. The van der Waals surface area contributed by atoms with Gasteiger partial charge in [0, 0.05) is 88.8 Å². The number of aryl methyl sites for hydroxylation is 3. The van der Waals surface area contributed by atoms with Crippen molar-refractivity contribution in [2.75, 3.05) is 39.5 Å². The molecule has 3 aromatic rings. The van der Waals surface area contributed by atoms with Crippen LogP contribution in [0.15, 0.2) is 89.9 Å². The Morgan fingerprint density at radius 2 is 0.656 bits per heavy atom. The number of ether oxygens (including phenoxy) is 3. The van der Waals surface area contributed by atoms with E-state index in [-0.39, 0.29) is 88.9 Å². The molecule has 516 valence electrons. The molecule has 3 heterocycles. The molecule has 0 fully saturated rings. The number of hydrogen-bond donors (Lipinski definition) is 0. The smallest absolute Gasteiger partial charge is 0.307 e. The molecule has 0 N–H and O–H groups in total. The molecule has 0 saturated carbocycles. The summed E-state index contributed by atoms with van der Waals surface area (Å²) in [5.74, 6) is -0.0210. The molecule has 0 bridgehead atoms. The Morgan fingerprint density at radius 1 is 0.430 bits per heavy atom. The van der Waals surface area contributed by atoms with E-state index in [0.29, 0.717) is 58.7 Å². The number of hydrogen-bond acceptors (Lipinski definition) is 9. The molecule has 0 spiro atoms. The number of nitrogens with zero attached hydrogens (tertiary/aromatic N) is 3. The highest BCUT2D eigenvalue weighted by Crippen LogP contribution is 2.47. The number of benzene rings is 3. The molecule has 0 saturated heterocycles. The number of allylic oxidation sites excluding steroid dienone is 3. The lowest BCUT2D eigenvalue weighted by atomic mass is 9.68. The van der Waals surface area contributed by atoms with Crippen LogP contribution in [0.3, 0.4) is 0 Å². The van der Waals surface area contributed by atoms with Crippen molar-refractivity contribution in [1.29, 1.82) is 0 Å². The summed E-state index contributed by atoms with van der Waals surface area (Å²) >= 11 is 20.0. The molecule has 0 radical (unpaired) electrons. The molecule has 12 nitrogen and oxygen atoms in total. The Morgan fingerprint density at radius 3 is 0.839 bits per heavy atom. The molecule has 0 aliphatic carbocycles. The first-order chi connectivity index (χ1) is 43.1. The van der Waals surface area contributed by atoms with Gasteiger partial charge in [-0.15, -0.1) is 0 Å². The van der Waals surface area contributed by atoms with Crippen LogP contribution in [-0.4, -0.2) is 89.8 Å². The molecule has 6 rings (SSSR count). The lowest BCUT2D eigenvalue weighted by Crippen LogP contribution is -2.42. The summed E-state index contributed by atoms with van der Waals surface area (Å²) < 4.78 is 15.0. The maximum absolute atomic E-state index is 13.0. The van der Waals surface area contributed by atoms with E-state index in [0.717, 1.165) is 87.0 Å². The highest BCUT2D eigenvalue weighted by atomic mass is 35.5. The summed E-state index contributed by atoms with van der Waals surface area (Å²) in [4.78, 5) is 79.2. The number of esters is 3. The van der Waals surface area contributed by atoms with Crippen molar-refractivity contribution in [2.24, 2.45) is 34.0 Å². The summed E-state index contributed by atoms with van der Waals surface area (Å²) in [6.07, 6.45) is 13.5. The van der Waals surface area contributed by atoms with Crippen LogP contribution < -0.4 is 0 Å². The second-order valence-corrected chi connectivity index (χ2v) is 32.0. The normalized spacial score (nSPS) is 19.6. The standard InChI is InChI=1S/3C26H38ClNO3/c3*1-8-31-24(30)12-14-28-17-21(18(2)3)26(7,16-23(28)29)20-10-9-19(22(27)15-20)11-13-25(4,5)6/h3*9-10,15,17-18H,8,11-14,16H2,1-7H3/t2*26-;/m10./s1. The van der Waals surface area contributed by atoms with E-state index in [2.05, 4.69) is 161 Å². The highest BCUT2D eigenvalue weighted by molar-refractivity contribution is 6.32. The minimum atomic E-state index is -0.419. The fourth-order valence-electron chi connectivity index (χ4n) is 12.5. The van der Waals surface area contributed by atoms with E-state index in [1.807, 2.05) is 36.8 Å². The summed E-state index contributed by atoms with van der Waals surface area (Å²) in [6.45, 7) is 46.8. The number of rotatable bonds is 24. The van der Waals surface area contributed by atoms with Crippen molar-refractivity contribution in [2.45, 2.75) is 239 Å². The van der Waals surface area contributed by atoms with Crippen molar-refractivity contribution < 1.29 is 43.0 Å². The van der Waals surface area contributed by atoms with Gasteiger partial charge in [-0.25, -0.2) is 0 Å². The van der Waals surface area contributed by atoms with Gasteiger partial charge in [-0.3, -0.25) is 28.8 Å². The lowest BCUT2D eigenvalue weighted by Gasteiger charge is -2.41. The van der Waals surface area contributed by atoms with Crippen LogP contribution >= 0.6 is 34.8 Å². The van der Waals surface area contributed by atoms with E-state index in [4.69, 9.17) is 49.0 Å². The minimum Gasteiger partial charge on any atom is -0.466 e. The van der Waals surface area contributed by atoms with E-state index < -0.39 is 16.2 Å². The van der Waals surface area contributed by atoms with Crippen LogP contribution in [0.4, 0.5) is 0 Å². The minimum absolute atomic E-state index is 0.0177. The second kappa shape index (κ2) is 34.5. The molecule has 15 heteroatoms. The topological polar surface area (TPSA) is 140 Å². The molecule has 1 unspecified atom stereocenters. The monoisotopic (exact) mass is 1340 g/mol. The molecule has 3 aromatic carbocycles. The number of halogens is 3. The van der Waals surface area contributed by atoms with Gasteiger partial charge in [0.2, 0.25) is 17.7 Å². The van der Waals surface area contributed by atoms with Crippen LogP contribution in [0.1, 0.15) is 237 Å². The molecule has 93 heavy (non-hydrogen) atoms. The van der Waals surface area contributed by atoms with E-state index in [1.165, 1.54) is 16.7 Å². The number of amides is 3. The first kappa shape index (κ1) is 80.0. The van der Waals surface area contributed by atoms with Crippen molar-refractivity contribution in [1.82, 2.24) is 14.7 Å². The SMILES string of the molecule is CCOC(=O)CCN1C=C(C(C)C)C(C)(c2ccc(CCC(C)(C)C)c(Cl)c2)CC1=O.CCOC(=O)CCN1C=C(C(C)C)[C@@](C)(c2ccc(CCC(C)(C)C)c(Cl)c2)CC1=O.CCOC(=O)CCN1C=C(C(C)C)[C@](C)(c2ccc(CCC(C)(C)C)c(Cl)c2)CC1=O. The Kier molecular flexibility index (Phi) is 29.7. The molecule has 0 aromatic heterocycles. The quantitative estimate of drug-likeness (QED) is 0.0633. The summed E-state index contributed by atoms with van der Waals surface area (Å²) in [5, 5.41) is 2.30. The molecule has 3 aliphatic rings. The zero-order valence-corrected chi connectivity index (χ0v) is 62.8. The van der Waals surface area contributed by atoms with Gasteiger partial charge in [-0.1, -0.05) is 196 Å². The van der Waals surface area contributed by atoms with E-state index in [9.17, 15) is 28.8 Å². The third kappa shape index (κ3) is 23.4. The Labute approximate surface area is 575 Å². The van der Waals surface area contributed by atoms with E-state index in [1.54, 1.807) is 35.5 Å². The van der Waals surface area contributed by atoms with Gasteiger partial charge in [-0.05, 0) is 162 Å². The van der Waals surface area contributed by atoms with Crippen LogP contribution in [0.5, 0.6) is 0 Å². The van der Waals surface area contributed by atoms with Crippen molar-refractivity contribution in [3.63, 3.8) is 0 Å². The Hall–Kier alpha value is -5.43. The molecular formula is C78H114Cl3N3O9. The predicted octanol–water partition coefficient (Wildman–Crippen LogP) is 18.9. The lowest BCUT2D eigenvalue weighted by molar-refractivity contribution is -0.145. The number of carbonyl (C=O) groups excluding carboxylic acids is 6. The largest absolute Gasteiger partial charge is 0.466 e. The summed E-state index contributed by atoms with van der Waals surface area (Å²) in [7, 11) is 0. The van der Waals surface area contributed by atoms with Crippen molar-refractivity contribution in [3.05, 3.63) is 138 Å². The third-order valence-corrected chi connectivity index (χ3v) is 19.3. The molecular weight excluding hydrogens is 1230 g/mol. The number of carbonyl (C=O) groups is 6. The highest BCUT2D eigenvalue weighted by Gasteiger charge is 2.43. The van der Waals surface area contributed by atoms with Crippen LogP contribution in [0, 0.1) is 34.0 Å². The van der Waals surface area contributed by atoms with Gasteiger partial charge >= 0.3 is 17.9 Å². The van der Waals surface area contributed by atoms with E-state index >= 15 is 0 Å². The maximum Gasteiger partial charge on any atom is 0.307 e. The zero-order chi connectivity index (χ0) is 70.2. The first-order valence-corrected chi connectivity index (χ1v) is 35.1. The molecule has 3 atom stereocenters. The predicted molar refractivity (Wildman–Crippen MR) is 381 cm³/mol. The maximum atomic E-state index is 13.0. The fourth-order valence-corrected chi connectivity index (χ4v) is 13.4.